The van der Waals surface area contributed by atoms with Crippen LogP contribution in [0.3, 0.4) is 0 Å². The topological polar surface area (TPSA) is 59.0 Å². The van der Waals surface area contributed by atoms with E-state index in [0.717, 1.165) is 16.6 Å². The molecule has 100 valence electrons. The van der Waals surface area contributed by atoms with E-state index in [-0.39, 0.29) is 6.03 Å². The summed E-state index contributed by atoms with van der Waals surface area (Å²) in [5.41, 5.74) is 2.48. The molecule has 0 saturated heterocycles. The van der Waals surface area contributed by atoms with Crippen molar-refractivity contribution in [2.45, 2.75) is 0 Å². The molecule has 3 rings (SSSR count). The van der Waals surface area contributed by atoms with E-state index in [4.69, 9.17) is 0 Å². The number of hydrogen-bond donors (Lipinski definition) is 2. The third-order valence-corrected chi connectivity index (χ3v) is 3.07. The van der Waals surface area contributed by atoms with Gasteiger partial charge in [0.1, 0.15) is 0 Å². The van der Waals surface area contributed by atoms with Crippen molar-refractivity contribution in [2.24, 2.45) is 7.05 Å². The van der Waals surface area contributed by atoms with Gasteiger partial charge in [0.2, 0.25) is 0 Å². The van der Waals surface area contributed by atoms with Crippen molar-refractivity contribution in [3.8, 4) is 0 Å². The molecule has 2 amide bonds. The van der Waals surface area contributed by atoms with Crippen LogP contribution in [0, 0.1) is 0 Å². The number of carbonyl (C=O) groups is 1. The van der Waals surface area contributed by atoms with Gasteiger partial charge in [0, 0.05) is 30.6 Å². The van der Waals surface area contributed by atoms with E-state index >= 15 is 0 Å². The zero-order valence-electron chi connectivity index (χ0n) is 11.0. The van der Waals surface area contributed by atoms with Gasteiger partial charge in [-0.1, -0.05) is 6.07 Å². The van der Waals surface area contributed by atoms with Crippen LogP contribution in [0.1, 0.15) is 0 Å². The van der Waals surface area contributed by atoms with Gasteiger partial charge in [-0.3, -0.25) is 4.98 Å². The summed E-state index contributed by atoms with van der Waals surface area (Å²) in [6.07, 6.45) is 5.25. The zero-order chi connectivity index (χ0) is 13.9. The lowest BCUT2D eigenvalue weighted by Gasteiger charge is -2.08. The van der Waals surface area contributed by atoms with Crippen LogP contribution in [0.15, 0.2) is 55.0 Å². The molecule has 0 atom stereocenters. The Kier molecular flexibility index (Phi) is 3.09. The number of nitrogens with one attached hydrogen (secondary N) is 2. The highest BCUT2D eigenvalue weighted by atomic mass is 16.2. The Balaban J connectivity index is 1.75. The maximum Gasteiger partial charge on any atom is 0.323 e. The summed E-state index contributed by atoms with van der Waals surface area (Å²) in [6, 6.07) is 11.1. The minimum atomic E-state index is -0.286. The van der Waals surface area contributed by atoms with Crippen LogP contribution < -0.4 is 10.6 Å². The van der Waals surface area contributed by atoms with Crippen LogP contribution in [0.4, 0.5) is 16.2 Å². The van der Waals surface area contributed by atoms with Gasteiger partial charge in [-0.05, 0) is 35.7 Å². The number of amides is 2. The van der Waals surface area contributed by atoms with E-state index in [2.05, 4.69) is 15.6 Å². The molecule has 0 aliphatic heterocycles. The molecular formula is C15H14N4O. The summed E-state index contributed by atoms with van der Waals surface area (Å²) < 4.78 is 2.01. The van der Waals surface area contributed by atoms with Gasteiger partial charge in [-0.2, -0.15) is 0 Å². The Morgan fingerprint density at radius 1 is 1.15 bits per heavy atom. The second-order valence-electron chi connectivity index (χ2n) is 4.52. The molecule has 0 aliphatic rings. The Morgan fingerprint density at radius 2 is 2.00 bits per heavy atom. The Bertz CT molecular complexity index is 749. The Morgan fingerprint density at radius 3 is 2.80 bits per heavy atom. The van der Waals surface area contributed by atoms with E-state index in [1.807, 2.05) is 42.1 Å². The van der Waals surface area contributed by atoms with Crippen molar-refractivity contribution in [1.29, 1.82) is 0 Å². The average Bonchev–Trinajstić information content (AvgIpc) is 2.81. The number of anilines is 2. The predicted octanol–water partition coefficient (Wildman–Crippen LogP) is 3.22. The number of urea groups is 1. The second kappa shape index (κ2) is 5.05. The van der Waals surface area contributed by atoms with E-state index in [1.54, 1.807) is 24.5 Å². The van der Waals surface area contributed by atoms with Crippen LogP contribution in [-0.2, 0) is 7.05 Å². The molecule has 0 spiro atoms. The van der Waals surface area contributed by atoms with Crippen LogP contribution in [0.5, 0.6) is 0 Å². The molecule has 0 radical (unpaired) electrons. The third kappa shape index (κ3) is 2.47. The van der Waals surface area contributed by atoms with Crippen LogP contribution in [-0.4, -0.2) is 15.6 Å². The number of pyridine rings is 1. The summed E-state index contributed by atoms with van der Waals surface area (Å²) in [5.74, 6) is 0. The highest BCUT2D eigenvalue weighted by Gasteiger charge is 2.04. The lowest BCUT2D eigenvalue weighted by molar-refractivity contribution is 0.262. The standard InChI is InChI=1S/C15H14N4O/c1-19-8-6-11-4-5-12(9-14(11)19)17-15(20)18-13-3-2-7-16-10-13/h2-10H,1H3,(H2,17,18,20). The summed E-state index contributed by atoms with van der Waals surface area (Å²) in [4.78, 5) is 15.8. The third-order valence-electron chi connectivity index (χ3n) is 3.07. The monoisotopic (exact) mass is 266 g/mol. The van der Waals surface area contributed by atoms with Crippen molar-refractivity contribution in [2.75, 3.05) is 10.6 Å². The van der Waals surface area contributed by atoms with Crippen molar-refractivity contribution in [3.05, 3.63) is 55.0 Å². The molecule has 2 N–H and O–H groups in total. The number of rotatable bonds is 2. The van der Waals surface area contributed by atoms with E-state index in [0.29, 0.717) is 5.69 Å². The Labute approximate surface area is 116 Å². The van der Waals surface area contributed by atoms with E-state index < -0.39 is 0 Å². The fraction of sp³-hybridized carbons (Fsp3) is 0.0667. The lowest BCUT2D eigenvalue weighted by Crippen LogP contribution is -2.19. The van der Waals surface area contributed by atoms with Crippen LogP contribution >= 0.6 is 0 Å². The molecule has 0 fully saturated rings. The molecule has 2 heterocycles. The molecule has 3 aromatic rings. The van der Waals surface area contributed by atoms with Crippen molar-refractivity contribution in [3.63, 3.8) is 0 Å². The normalized spacial score (nSPS) is 10.4. The van der Waals surface area contributed by atoms with Gasteiger partial charge in [-0.15, -0.1) is 0 Å². The fourth-order valence-corrected chi connectivity index (χ4v) is 2.07. The molecule has 2 aromatic heterocycles. The lowest BCUT2D eigenvalue weighted by atomic mass is 10.2. The summed E-state index contributed by atoms with van der Waals surface area (Å²) >= 11 is 0. The number of fused-ring (bicyclic) bond motifs is 1. The maximum absolute atomic E-state index is 11.9. The SMILES string of the molecule is Cn1ccc2ccc(NC(=O)Nc3cccnc3)cc21. The highest BCUT2D eigenvalue weighted by Crippen LogP contribution is 2.19. The van der Waals surface area contributed by atoms with Gasteiger partial charge in [0.15, 0.2) is 0 Å². The Hall–Kier alpha value is -2.82. The first-order chi connectivity index (χ1) is 9.72. The number of nitrogens with zero attached hydrogens (tertiary/aromatic N) is 2. The van der Waals surface area contributed by atoms with Gasteiger partial charge in [0.05, 0.1) is 11.9 Å². The van der Waals surface area contributed by atoms with Crippen molar-refractivity contribution in [1.82, 2.24) is 9.55 Å². The largest absolute Gasteiger partial charge is 0.350 e. The number of aryl methyl sites for hydroxylation is 1. The van der Waals surface area contributed by atoms with Gasteiger partial charge in [-0.25, -0.2) is 4.79 Å². The minimum absolute atomic E-state index is 0.286. The van der Waals surface area contributed by atoms with Gasteiger partial charge >= 0.3 is 6.03 Å². The average molecular weight is 266 g/mol. The molecule has 0 aliphatic carbocycles. The molecular weight excluding hydrogens is 252 g/mol. The minimum Gasteiger partial charge on any atom is -0.350 e. The van der Waals surface area contributed by atoms with Gasteiger partial charge in [0.25, 0.3) is 0 Å². The van der Waals surface area contributed by atoms with Gasteiger partial charge < -0.3 is 15.2 Å². The summed E-state index contributed by atoms with van der Waals surface area (Å²) in [7, 11) is 1.97. The molecule has 1 aromatic carbocycles. The molecule has 20 heavy (non-hydrogen) atoms. The van der Waals surface area contributed by atoms with Crippen LogP contribution in [0.2, 0.25) is 0 Å². The fourth-order valence-electron chi connectivity index (χ4n) is 2.07. The number of aromatic nitrogens is 2. The smallest absolute Gasteiger partial charge is 0.323 e. The van der Waals surface area contributed by atoms with E-state index in [9.17, 15) is 4.79 Å². The zero-order valence-corrected chi connectivity index (χ0v) is 11.0. The van der Waals surface area contributed by atoms with E-state index in [1.165, 1.54) is 0 Å². The second-order valence-corrected chi connectivity index (χ2v) is 4.52. The number of benzene rings is 1. The number of carbonyl (C=O) groups excluding carboxylic acids is 1. The molecule has 0 unspecified atom stereocenters. The molecule has 0 saturated carbocycles. The highest BCUT2D eigenvalue weighted by molar-refractivity contribution is 6.00. The van der Waals surface area contributed by atoms with Crippen molar-refractivity contribution >= 4 is 28.3 Å². The predicted molar refractivity (Wildman–Crippen MR) is 79.8 cm³/mol. The molecule has 0 bridgehead atoms. The first kappa shape index (κ1) is 12.2. The first-order valence-electron chi connectivity index (χ1n) is 6.25. The maximum atomic E-state index is 11.9. The first-order valence-corrected chi connectivity index (χ1v) is 6.25. The molecule has 5 nitrogen and oxygen atoms in total. The summed E-state index contributed by atoms with van der Waals surface area (Å²) in [6.45, 7) is 0. The number of hydrogen-bond acceptors (Lipinski definition) is 2. The quantitative estimate of drug-likeness (QED) is 0.748. The molecule has 5 heteroatoms. The summed E-state index contributed by atoms with van der Waals surface area (Å²) in [5, 5.41) is 6.68. The van der Waals surface area contributed by atoms with Crippen LogP contribution in [0.25, 0.3) is 10.9 Å². The van der Waals surface area contributed by atoms with Crippen molar-refractivity contribution < 1.29 is 4.79 Å².